The standard InChI is InChI=1S/C30H31Cl2F5N2O2/c31-25-16-21(18-1-3-19(4-2-18)27(40)38-12-8-22(9-13-38)30(35,36)37)17-26(32)24(25)15-20-7-14-39(28(20)41)23-5-10-29(33,34)11-6-23/h1-4,16-17,20,22-23H,5-15H2. The van der Waals surface area contributed by atoms with Gasteiger partial charge in [-0.3, -0.25) is 9.59 Å². The number of carbonyl (C=O) groups excluding carboxylic acids is 2. The molecule has 2 heterocycles. The molecule has 2 amide bonds. The summed E-state index contributed by atoms with van der Waals surface area (Å²) in [5, 5.41) is 0.812. The van der Waals surface area contributed by atoms with Gasteiger partial charge in [-0.2, -0.15) is 13.2 Å². The lowest BCUT2D eigenvalue weighted by atomic mass is 9.91. The van der Waals surface area contributed by atoms with Crippen LogP contribution in [0.25, 0.3) is 11.1 Å². The van der Waals surface area contributed by atoms with Crippen molar-refractivity contribution in [2.75, 3.05) is 19.6 Å². The van der Waals surface area contributed by atoms with Crippen LogP contribution in [0, 0.1) is 11.8 Å². The van der Waals surface area contributed by atoms with E-state index in [9.17, 15) is 31.5 Å². The quantitative estimate of drug-likeness (QED) is 0.319. The van der Waals surface area contributed by atoms with Crippen LogP contribution >= 0.6 is 23.2 Å². The van der Waals surface area contributed by atoms with Gasteiger partial charge in [0.15, 0.2) is 0 Å². The summed E-state index contributed by atoms with van der Waals surface area (Å²) in [5.74, 6) is -4.68. The van der Waals surface area contributed by atoms with Gasteiger partial charge in [-0.05, 0) is 79.5 Å². The van der Waals surface area contributed by atoms with Gasteiger partial charge in [-0.15, -0.1) is 0 Å². The first kappa shape index (κ1) is 30.1. The summed E-state index contributed by atoms with van der Waals surface area (Å²) in [7, 11) is 0. The molecule has 2 saturated heterocycles. The smallest absolute Gasteiger partial charge is 0.339 e. The first-order chi connectivity index (χ1) is 19.3. The Morgan fingerprint density at radius 1 is 0.878 bits per heavy atom. The Balaban J connectivity index is 1.22. The van der Waals surface area contributed by atoms with Crippen LogP contribution in [0.2, 0.25) is 10.0 Å². The molecule has 0 radical (unpaired) electrons. The highest BCUT2D eigenvalue weighted by atomic mass is 35.5. The van der Waals surface area contributed by atoms with Crippen LogP contribution in [0.15, 0.2) is 36.4 Å². The number of halogens is 7. The fourth-order valence-electron chi connectivity index (χ4n) is 6.26. The van der Waals surface area contributed by atoms with E-state index in [1.807, 2.05) is 0 Å². The molecule has 0 spiro atoms. The van der Waals surface area contributed by atoms with Crippen molar-refractivity contribution in [1.82, 2.24) is 9.80 Å². The Morgan fingerprint density at radius 3 is 2.02 bits per heavy atom. The second-order valence-corrected chi connectivity index (χ2v) is 12.2. The van der Waals surface area contributed by atoms with E-state index < -0.39 is 18.0 Å². The number of benzene rings is 2. The van der Waals surface area contributed by atoms with Gasteiger partial charge in [0.2, 0.25) is 11.8 Å². The highest BCUT2D eigenvalue weighted by Gasteiger charge is 2.43. The van der Waals surface area contributed by atoms with E-state index in [0.29, 0.717) is 53.4 Å². The number of nitrogens with zero attached hydrogens (tertiary/aromatic N) is 2. The average Bonchev–Trinajstić information content (AvgIpc) is 3.29. The van der Waals surface area contributed by atoms with E-state index in [0.717, 1.165) is 11.1 Å². The number of hydrogen-bond donors (Lipinski definition) is 0. The highest BCUT2D eigenvalue weighted by Crippen LogP contribution is 2.39. The maximum Gasteiger partial charge on any atom is 0.391 e. The fraction of sp³-hybridized carbons (Fsp3) is 0.533. The van der Waals surface area contributed by atoms with Crippen LogP contribution in [0.3, 0.4) is 0 Å². The molecule has 2 aromatic rings. The van der Waals surface area contributed by atoms with Crippen molar-refractivity contribution in [1.29, 1.82) is 0 Å². The third kappa shape index (κ3) is 6.66. The summed E-state index contributed by atoms with van der Waals surface area (Å²) in [6.07, 6.45) is -3.23. The van der Waals surface area contributed by atoms with Crippen LogP contribution in [-0.4, -0.2) is 59.4 Å². The first-order valence-corrected chi connectivity index (χ1v) is 14.7. The van der Waals surface area contributed by atoms with Crippen molar-refractivity contribution in [2.24, 2.45) is 11.8 Å². The predicted molar refractivity (Wildman–Crippen MR) is 147 cm³/mol. The number of hydrogen-bond acceptors (Lipinski definition) is 2. The molecule has 0 aromatic heterocycles. The Kier molecular flexibility index (Phi) is 8.59. The molecule has 1 atom stereocenters. The summed E-state index contributed by atoms with van der Waals surface area (Å²) < 4.78 is 66.0. The molecule has 1 aliphatic carbocycles. The topological polar surface area (TPSA) is 40.6 Å². The third-order valence-corrected chi connectivity index (χ3v) is 9.45. The minimum absolute atomic E-state index is 0.0423. The molecule has 4 nitrogen and oxygen atoms in total. The van der Waals surface area contributed by atoms with Crippen molar-refractivity contribution in [3.63, 3.8) is 0 Å². The molecule has 0 N–H and O–H groups in total. The van der Waals surface area contributed by atoms with E-state index in [4.69, 9.17) is 23.2 Å². The lowest BCUT2D eigenvalue weighted by Gasteiger charge is -2.34. The summed E-state index contributed by atoms with van der Waals surface area (Å²) in [5.41, 5.74) is 2.52. The molecule has 41 heavy (non-hydrogen) atoms. The SMILES string of the molecule is O=C(c1ccc(-c2cc(Cl)c(CC3CCN(C4CCC(F)(F)CC4)C3=O)c(Cl)c2)cc1)N1CCC(C(F)(F)F)CC1. The monoisotopic (exact) mass is 616 g/mol. The molecule has 3 fully saturated rings. The zero-order valence-corrected chi connectivity index (χ0v) is 23.8. The minimum atomic E-state index is -4.24. The van der Waals surface area contributed by atoms with Crippen LogP contribution in [0.1, 0.15) is 60.9 Å². The predicted octanol–water partition coefficient (Wildman–Crippen LogP) is 8.04. The Labute approximate surface area is 245 Å². The molecular formula is C30H31Cl2F5N2O2. The van der Waals surface area contributed by atoms with Gasteiger partial charge in [-0.1, -0.05) is 35.3 Å². The second kappa shape index (κ2) is 11.7. The lowest BCUT2D eigenvalue weighted by molar-refractivity contribution is -0.183. The number of rotatable bonds is 5. The van der Waals surface area contributed by atoms with E-state index in [1.54, 1.807) is 41.3 Å². The maximum atomic E-state index is 13.6. The molecule has 5 rings (SSSR count). The van der Waals surface area contributed by atoms with Gasteiger partial charge in [0.25, 0.3) is 5.91 Å². The summed E-state index contributed by atoms with van der Waals surface area (Å²) in [6.45, 7) is 0.670. The third-order valence-electron chi connectivity index (χ3n) is 8.78. The molecule has 3 aliphatic rings. The summed E-state index contributed by atoms with van der Waals surface area (Å²) >= 11 is 13.2. The van der Waals surface area contributed by atoms with Crippen LogP contribution in [0.4, 0.5) is 22.0 Å². The number of likely N-dealkylation sites (tertiary alicyclic amines) is 2. The van der Waals surface area contributed by atoms with Gasteiger partial charge in [0, 0.05) is 60.0 Å². The summed E-state index contributed by atoms with van der Waals surface area (Å²) in [4.78, 5) is 29.2. The van der Waals surface area contributed by atoms with Crippen molar-refractivity contribution < 1.29 is 31.5 Å². The molecule has 0 bridgehead atoms. The lowest BCUT2D eigenvalue weighted by Crippen LogP contribution is -2.42. The van der Waals surface area contributed by atoms with Crippen LogP contribution in [-0.2, 0) is 11.2 Å². The molecule has 11 heteroatoms. The molecular weight excluding hydrogens is 586 g/mol. The maximum absolute atomic E-state index is 13.6. The molecule has 1 saturated carbocycles. The van der Waals surface area contributed by atoms with Gasteiger partial charge in [0.1, 0.15) is 0 Å². The molecule has 222 valence electrons. The van der Waals surface area contributed by atoms with Crippen molar-refractivity contribution in [3.8, 4) is 11.1 Å². The van der Waals surface area contributed by atoms with Gasteiger partial charge in [0.05, 0.1) is 5.92 Å². The Hall–Kier alpha value is -2.39. The first-order valence-electron chi connectivity index (χ1n) is 13.9. The van der Waals surface area contributed by atoms with Crippen LogP contribution in [0.5, 0.6) is 0 Å². The fourth-order valence-corrected chi connectivity index (χ4v) is 6.90. The average molecular weight is 617 g/mol. The van der Waals surface area contributed by atoms with E-state index in [2.05, 4.69) is 0 Å². The number of alkyl halides is 5. The van der Waals surface area contributed by atoms with E-state index in [1.165, 1.54) is 4.90 Å². The molecule has 1 unspecified atom stereocenters. The minimum Gasteiger partial charge on any atom is -0.339 e. The second-order valence-electron chi connectivity index (χ2n) is 11.4. The van der Waals surface area contributed by atoms with Crippen molar-refractivity contribution >= 4 is 35.0 Å². The van der Waals surface area contributed by atoms with Crippen molar-refractivity contribution in [2.45, 2.75) is 69.5 Å². The van der Waals surface area contributed by atoms with Crippen LogP contribution < -0.4 is 0 Å². The summed E-state index contributed by atoms with van der Waals surface area (Å²) in [6, 6.07) is 10.1. The normalized spacial score (nSPS) is 22.4. The Bertz CT molecular complexity index is 1260. The largest absolute Gasteiger partial charge is 0.391 e. The molecule has 2 aliphatic heterocycles. The number of amides is 2. The van der Waals surface area contributed by atoms with Gasteiger partial charge in [-0.25, -0.2) is 8.78 Å². The molecule has 2 aromatic carbocycles. The van der Waals surface area contributed by atoms with Crippen molar-refractivity contribution in [3.05, 3.63) is 57.6 Å². The van der Waals surface area contributed by atoms with E-state index in [-0.39, 0.29) is 62.5 Å². The Morgan fingerprint density at radius 2 is 1.46 bits per heavy atom. The van der Waals surface area contributed by atoms with Gasteiger partial charge >= 0.3 is 6.18 Å². The van der Waals surface area contributed by atoms with Gasteiger partial charge < -0.3 is 9.80 Å². The zero-order chi connectivity index (χ0) is 29.5. The highest BCUT2D eigenvalue weighted by molar-refractivity contribution is 6.36. The van der Waals surface area contributed by atoms with E-state index >= 15 is 0 Å². The number of carbonyl (C=O) groups is 2. The zero-order valence-electron chi connectivity index (χ0n) is 22.3. The number of piperidine rings is 1.